The zero-order chi connectivity index (χ0) is 21.6. The third-order valence-electron chi connectivity index (χ3n) is 5.04. The molecular formula is C23H30N2O4. The maximum Gasteiger partial charge on any atom is 0.261 e. The number of amides is 2. The van der Waals surface area contributed by atoms with Crippen LogP contribution in [0.1, 0.15) is 29.2 Å². The fourth-order valence-corrected chi connectivity index (χ4v) is 3.09. The van der Waals surface area contributed by atoms with E-state index >= 15 is 0 Å². The van der Waals surface area contributed by atoms with Crippen LogP contribution in [0.5, 0.6) is 11.5 Å². The maximum atomic E-state index is 13.0. The molecule has 0 saturated carbocycles. The number of carbonyl (C=O) groups excluding carboxylic acids is 2. The summed E-state index contributed by atoms with van der Waals surface area (Å²) in [4.78, 5) is 26.7. The quantitative estimate of drug-likeness (QED) is 0.742. The number of likely N-dealkylation sites (N-methyl/N-ethyl adjacent to an activating group) is 1. The van der Waals surface area contributed by atoms with Crippen molar-refractivity contribution in [2.45, 2.75) is 40.3 Å². The van der Waals surface area contributed by atoms with Gasteiger partial charge in [-0.1, -0.05) is 18.2 Å². The topological polar surface area (TPSA) is 67.9 Å². The Hall–Kier alpha value is -3.02. The normalized spacial score (nSPS) is 11.5. The Morgan fingerprint density at radius 2 is 1.76 bits per heavy atom. The molecule has 0 aliphatic rings. The minimum absolute atomic E-state index is 0.138. The number of ether oxygens (including phenoxy) is 2. The molecule has 2 aromatic carbocycles. The molecule has 0 aliphatic carbocycles. The molecule has 0 bridgehead atoms. The minimum Gasteiger partial charge on any atom is -0.497 e. The van der Waals surface area contributed by atoms with E-state index in [4.69, 9.17) is 9.47 Å². The molecule has 2 aromatic rings. The molecule has 2 amide bonds. The summed E-state index contributed by atoms with van der Waals surface area (Å²) in [5, 5.41) is 2.61. The lowest BCUT2D eigenvalue weighted by atomic mass is 10.1. The van der Waals surface area contributed by atoms with E-state index in [0.717, 1.165) is 28.0 Å². The van der Waals surface area contributed by atoms with Crippen molar-refractivity contribution in [2.24, 2.45) is 0 Å². The molecule has 2 rings (SSSR count). The highest BCUT2D eigenvalue weighted by Gasteiger charge is 2.26. The molecule has 156 valence electrons. The Bertz CT molecular complexity index is 862. The second-order valence-corrected chi connectivity index (χ2v) is 7.15. The van der Waals surface area contributed by atoms with Crippen molar-refractivity contribution in [1.29, 1.82) is 0 Å². The van der Waals surface area contributed by atoms with E-state index in [1.54, 1.807) is 21.1 Å². The average molecular weight is 399 g/mol. The van der Waals surface area contributed by atoms with E-state index in [1.807, 2.05) is 51.1 Å². The molecule has 0 spiro atoms. The number of hydrogen-bond donors (Lipinski definition) is 1. The van der Waals surface area contributed by atoms with Crippen LogP contribution in [0.4, 0.5) is 0 Å². The number of nitrogens with zero attached hydrogens (tertiary/aromatic N) is 1. The van der Waals surface area contributed by atoms with Crippen LogP contribution in [-0.2, 0) is 16.1 Å². The van der Waals surface area contributed by atoms with Crippen LogP contribution in [0.2, 0.25) is 0 Å². The van der Waals surface area contributed by atoms with E-state index in [-0.39, 0.29) is 18.4 Å². The van der Waals surface area contributed by atoms with Crippen LogP contribution in [0, 0.1) is 20.8 Å². The summed E-state index contributed by atoms with van der Waals surface area (Å²) in [6.45, 7) is 7.85. The average Bonchev–Trinajstić information content (AvgIpc) is 2.72. The summed E-state index contributed by atoms with van der Waals surface area (Å²) in [5.74, 6) is 0.942. The SMILES string of the molecule is CNC(=O)[C@H](C)N(Cc1ccc(OC)cc1)C(=O)COc1cc(C)cc(C)c1C. The first-order chi connectivity index (χ1) is 13.8. The van der Waals surface area contributed by atoms with E-state index < -0.39 is 6.04 Å². The third kappa shape index (κ3) is 5.73. The molecule has 6 nitrogen and oxygen atoms in total. The van der Waals surface area contributed by atoms with Gasteiger partial charge in [-0.15, -0.1) is 0 Å². The lowest BCUT2D eigenvalue weighted by Gasteiger charge is -2.28. The number of rotatable bonds is 8. The Morgan fingerprint density at radius 3 is 2.34 bits per heavy atom. The summed E-state index contributed by atoms with van der Waals surface area (Å²) in [5.41, 5.74) is 4.09. The van der Waals surface area contributed by atoms with Gasteiger partial charge in [0.25, 0.3) is 5.91 Å². The van der Waals surface area contributed by atoms with Crippen molar-refractivity contribution >= 4 is 11.8 Å². The van der Waals surface area contributed by atoms with Gasteiger partial charge < -0.3 is 19.7 Å². The number of carbonyl (C=O) groups is 2. The van der Waals surface area contributed by atoms with Crippen molar-refractivity contribution < 1.29 is 19.1 Å². The number of aryl methyl sites for hydroxylation is 2. The number of methoxy groups -OCH3 is 1. The van der Waals surface area contributed by atoms with Gasteiger partial charge in [0.1, 0.15) is 17.5 Å². The van der Waals surface area contributed by atoms with Crippen LogP contribution < -0.4 is 14.8 Å². The molecular weight excluding hydrogens is 368 g/mol. The first-order valence-corrected chi connectivity index (χ1v) is 9.61. The lowest BCUT2D eigenvalue weighted by Crippen LogP contribution is -2.48. The largest absolute Gasteiger partial charge is 0.497 e. The van der Waals surface area contributed by atoms with Crippen molar-refractivity contribution in [3.63, 3.8) is 0 Å². The van der Waals surface area contributed by atoms with Crippen LogP contribution in [-0.4, -0.2) is 43.5 Å². The predicted molar refractivity (Wildman–Crippen MR) is 113 cm³/mol. The standard InChI is InChI=1S/C23H30N2O4/c1-15-11-16(2)17(3)21(12-15)29-14-22(26)25(18(4)23(27)24-5)13-19-7-9-20(28-6)10-8-19/h7-12,18H,13-14H2,1-6H3,(H,24,27)/t18-/m0/s1. The van der Waals surface area contributed by atoms with E-state index in [9.17, 15) is 9.59 Å². The summed E-state index contributed by atoms with van der Waals surface area (Å²) in [7, 11) is 3.16. The summed E-state index contributed by atoms with van der Waals surface area (Å²) in [6, 6.07) is 10.8. The molecule has 0 heterocycles. The highest BCUT2D eigenvalue weighted by molar-refractivity contribution is 5.87. The highest BCUT2D eigenvalue weighted by Crippen LogP contribution is 2.23. The zero-order valence-electron chi connectivity index (χ0n) is 18.0. The smallest absolute Gasteiger partial charge is 0.261 e. The van der Waals surface area contributed by atoms with Crippen LogP contribution in [0.15, 0.2) is 36.4 Å². The van der Waals surface area contributed by atoms with Gasteiger partial charge in [0.05, 0.1) is 7.11 Å². The van der Waals surface area contributed by atoms with Crippen molar-refractivity contribution in [3.05, 3.63) is 58.7 Å². The van der Waals surface area contributed by atoms with Gasteiger partial charge in [-0.05, 0) is 68.1 Å². The fraction of sp³-hybridized carbons (Fsp3) is 0.391. The zero-order valence-corrected chi connectivity index (χ0v) is 18.0. The van der Waals surface area contributed by atoms with Crippen molar-refractivity contribution in [3.8, 4) is 11.5 Å². The van der Waals surface area contributed by atoms with Crippen LogP contribution in [0.3, 0.4) is 0 Å². The number of benzene rings is 2. The summed E-state index contributed by atoms with van der Waals surface area (Å²) in [6.07, 6.45) is 0. The Morgan fingerprint density at radius 1 is 1.10 bits per heavy atom. The van der Waals surface area contributed by atoms with Gasteiger partial charge in [-0.3, -0.25) is 9.59 Å². The monoisotopic (exact) mass is 398 g/mol. The van der Waals surface area contributed by atoms with Crippen LogP contribution in [0.25, 0.3) is 0 Å². The second kappa shape index (κ2) is 9.96. The maximum absolute atomic E-state index is 13.0. The van der Waals surface area contributed by atoms with Gasteiger partial charge in [0.15, 0.2) is 6.61 Å². The van der Waals surface area contributed by atoms with Gasteiger partial charge in [0.2, 0.25) is 5.91 Å². The van der Waals surface area contributed by atoms with E-state index in [1.165, 1.54) is 4.90 Å². The van der Waals surface area contributed by atoms with Crippen molar-refractivity contribution in [2.75, 3.05) is 20.8 Å². The molecule has 6 heteroatoms. The first-order valence-electron chi connectivity index (χ1n) is 9.61. The molecule has 0 saturated heterocycles. The minimum atomic E-state index is -0.626. The Kier molecular flexibility index (Phi) is 7.65. The molecule has 0 aliphatic heterocycles. The van der Waals surface area contributed by atoms with Crippen molar-refractivity contribution in [1.82, 2.24) is 10.2 Å². The molecule has 29 heavy (non-hydrogen) atoms. The molecule has 0 aromatic heterocycles. The molecule has 0 radical (unpaired) electrons. The predicted octanol–water partition coefficient (Wildman–Crippen LogP) is 3.16. The molecule has 0 fully saturated rings. The van der Waals surface area contributed by atoms with Gasteiger partial charge in [0, 0.05) is 13.6 Å². The van der Waals surface area contributed by atoms with Crippen LogP contribution >= 0.6 is 0 Å². The number of nitrogens with one attached hydrogen (secondary N) is 1. The number of hydrogen-bond acceptors (Lipinski definition) is 4. The molecule has 1 N–H and O–H groups in total. The Balaban J connectivity index is 2.18. The lowest BCUT2D eigenvalue weighted by molar-refractivity contribution is -0.142. The van der Waals surface area contributed by atoms with Gasteiger partial charge in [-0.25, -0.2) is 0 Å². The summed E-state index contributed by atoms with van der Waals surface area (Å²) < 4.78 is 11.0. The summed E-state index contributed by atoms with van der Waals surface area (Å²) >= 11 is 0. The molecule has 0 unspecified atom stereocenters. The van der Waals surface area contributed by atoms with Gasteiger partial charge >= 0.3 is 0 Å². The van der Waals surface area contributed by atoms with E-state index in [0.29, 0.717) is 12.3 Å². The third-order valence-corrected chi connectivity index (χ3v) is 5.04. The second-order valence-electron chi connectivity index (χ2n) is 7.15. The first kappa shape index (κ1) is 22.3. The fourth-order valence-electron chi connectivity index (χ4n) is 3.09. The Labute approximate surface area is 172 Å². The highest BCUT2D eigenvalue weighted by atomic mass is 16.5. The van der Waals surface area contributed by atoms with E-state index in [2.05, 4.69) is 11.4 Å². The van der Waals surface area contributed by atoms with Gasteiger partial charge in [-0.2, -0.15) is 0 Å². The molecule has 1 atom stereocenters.